The van der Waals surface area contributed by atoms with Gasteiger partial charge in [-0.25, -0.2) is 4.39 Å². The molecule has 4 rings (SSSR count). The Morgan fingerprint density at radius 1 is 1.23 bits per heavy atom. The second-order valence-electron chi connectivity index (χ2n) is 7.54. The van der Waals surface area contributed by atoms with Crippen LogP contribution < -0.4 is 5.32 Å². The van der Waals surface area contributed by atoms with Crippen LogP contribution in [0.25, 0.3) is 11.4 Å². The Morgan fingerprint density at radius 3 is 2.81 bits per heavy atom. The number of likely N-dealkylation sites (tertiary alicyclic amines) is 1. The predicted molar refractivity (Wildman–Crippen MR) is 113 cm³/mol. The van der Waals surface area contributed by atoms with Crippen molar-refractivity contribution in [1.82, 2.24) is 15.0 Å². The summed E-state index contributed by atoms with van der Waals surface area (Å²) in [4.78, 5) is 30.7. The molecule has 1 aliphatic heterocycles. The first kappa shape index (κ1) is 20.7. The topological polar surface area (TPSA) is 88.3 Å². The normalized spacial score (nSPS) is 16.2. The van der Waals surface area contributed by atoms with Crippen molar-refractivity contribution in [3.63, 3.8) is 0 Å². The van der Waals surface area contributed by atoms with Crippen LogP contribution >= 0.6 is 0 Å². The fourth-order valence-electron chi connectivity index (χ4n) is 3.64. The third-order valence-corrected chi connectivity index (χ3v) is 5.32. The van der Waals surface area contributed by atoms with Crippen LogP contribution in [-0.2, 0) is 4.79 Å². The van der Waals surface area contributed by atoms with Gasteiger partial charge in [-0.2, -0.15) is 4.98 Å². The van der Waals surface area contributed by atoms with Crippen molar-refractivity contribution in [3.05, 3.63) is 65.8 Å². The molecular weight excluding hydrogens is 399 g/mol. The van der Waals surface area contributed by atoms with Crippen LogP contribution in [0.4, 0.5) is 10.1 Å². The summed E-state index contributed by atoms with van der Waals surface area (Å²) >= 11 is 0. The molecule has 0 bridgehead atoms. The summed E-state index contributed by atoms with van der Waals surface area (Å²) in [5, 5.41) is 6.91. The van der Waals surface area contributed by atoms with E-state index in [4.69, 9.17) is 4.52 Å². The van der Waals surface area contributed by atoms with Crippen molar-refractivity contribution < 1.29 is 18.5 Å². The van der Waals surface area contributed by atoms with Crippen molar-refractivity contribution in [2.75, 3.05) is 18.4 Å². The number of nitrogens with zero attached hydrogens (tertiary/aromatic N) is 3. The van der Waals surface area contributed by atoms with Gasteiger partial charge in [-0.3, -0.25) is 9.59 Å². The van der Waals surface area contributed by atoms with Gasteiger partial charge in [-0.05, 0) is 49.2 Å². The Morgan fingerprint density at radius 2 is 2.03 bits per heavy atom. The SMILES string of the molecule is CCC(=O)Nc1cccc(-c2noc(C3CCCN(C(=O)c4ccc(F)cc4)C3)n2)c1. The lowest BCUT2D eigenvalue weighted by molar-refractivity contribution is -0.115. The van der Waals surface area contributed by atoms with Gasteiger partial charge in [0.1, 0.15) is 5.82 Å². The summed E-state index contributed by atoms with van der Waals surface area (Å²) in [5.74, 6) is 0.272. The number of anilines is 1. The number of nitrogens with one attached hydrogen (secondary N) is 1. The number of carbonyl (C=O) groups excluding carboxylic acids is 2. The lowest BCUT2D eigenvalue weighted by Crippen LogP contribution is -2.39. The highest BCUT2D eigenvalue weighted by Gasteiger charge is 2.29. The highest BCUT2D eigenvalue weighted by atomic mass is 19.1. The Kier molecular flexibility index (Phi) is 6.06. The molecule has 160 valence electrons. The fraction of sp³-hybridized carbons (Fsp3) is 0.304. The minimum absolute atomic E-state index is 0.0672. The third-order valence-electron chi connectivity index (χ3n) is 5.32. The van der Waals surface area contributed by atoms with E-state index >= 15 is 0 Å². The Labute approximate surface area is 179 Å². The molecule has 8 heteroatoms. The van der Waals surface area contributed by atoms with Gasteiger partial charge in [-0.1, -0.05) is 24.2 Å². The predicted octanol–water partition coefficient (Wildman–Crippen LogP) is 4.24. The largest absolute Gasteiger partial charge is 0.339 e. The van der Waals surface area contributed by atoms with Gasteiger partial charge in [0.25, 0.3) is 5.91 Å². The molecular formula is C23H23FN4O3. The van der Waals surface area contributed by atoms with Crippen LogP contribution in [0.5, 0.6) is 0 Å². The van der Waals surface area contributed by atoms with Gasteiger partial charge in [0.15, 0.2) is 0 Å². The Hall–Kier alpha value is -3.55. The van der Waals surface area contributed by atoms with E-state index in [-0.39, 0.29) is 23.5 Å². The van der Waals surface area contributed by atoms with Gasteiger partial charge in [0.2, 0.25) is 17.6 Å². The van der Waals surface area contributed by atoms with Crippen LogP contribution in [0.15, 0.2) is 53.1 Å². The number of amides is 2. The minimum Gasteiger partial charge on any atom is -0.339 e. The van der Waals surface area contributed by atoms with Gasteiger partial charge in [0.05, 0.1) is 5.92 Å². The molecule has 1 aromatic heterocycles. The van der Waals surface area contributed by atoms with Gasteiger partial charge in [-0.15, -0.1) is 0 Å². The molecule has 7 nitrogen and oxygen atoms in total. The first-order chi connectivity index (χ1) is 15.0. The lowest BCUT2D eigenvalue weighted by atomic mass is 9.97. The molecule has 1 aliphatic rings. The smallest absolute Gasteiger partial charge is 0.253 e. The van der Waals surface area contributed by atoms with Crippen molar-refractivity contribution in [2.45, 2.75) is 32.1 Å². The molecule has 1 atom stereocenters. The molecule has 0 aliphatic carbocycles. The molecule has 2 amide bonds. The number of hydrogen-bond acceptors (Lipinski definition) is 5. The molecule has 1 fully saturated rings. The van der Waals surface area contributed by atoms with Crippen molar-refractivity contribution >= 4 is 17.5 Å². The van der Waals surface area contributed by atoms with E-state index in [9.17, 15) is 14.0 Å². The number of hydrogen-bond donors (Lipinski definition) is 1. The monoisotopic (exact) mass is 422 g/mol. The summed E-state index contributed by atoms with van der Waals surface area (Å²) in [6.07, 6.45) is 2.04. The number of rotatable bonds is 5. The zero-order chi connectivity index (χ0) is 21.8. The summed E-state index contributed by atoms with van der Waals surface area (Å²) in [7, 11) is 0. The van der Waals surface area contributed by atoms with E-state index < -0.39 is 0 Å². The molecule has 1 unspecified atom stereocenters. The highest BCUT2D eigenvalue weighted by Crippen LogP contribution is 2.29. The van der Waals surface area contributed by atoms with Crippen LogP contribution in [-0.4, -0.2) is 39.9 Å². The van der Waals surface area contributed by atoms with E-state index in [0.717, 1.165) is 18.4 Å². The standard InChI is InChI=1S/C23H23FN4O3/c1-2-20(29)25-19-7-3-5-16(13-19)21-26-22(31-27-21)17-6-4-12-28(14-17)23(30)15-8-10-18(24)11-9-15/h3,5,7-11,13,17H,2,4,6,12,14H2,1H3,(H,25,29). The molecule has 2 heterocycles. The second kappa shape index (κ2) is 9.07. The van der Waals surface area contributed by atoms with Gasteiger partial charge >= 0.3 is 0 Å². The second-order valence-corrected chi connectivity index (χ2v) is 7.54. The van der Waals surface area contributed by atoms with Crippen LogP contribution in [0.1, 0.15) is 48.4 Å². The number of piperidine rings is 1. The fourth-order valence-corrected chi connectivity index (χ4v) is 3.64. The first-order valence-electron chi connectivity index (χ1n) is 10.3. The van der Waals surface area contributed by atoms with Gasteiger partial charge in [0, 0.05) is 36.3 Å². The average molecular weight is 422 g/mol. The van der Waals surface area contributed by atoms with E-state index in [0.29, 0.717) is 42.5 Å². The molecule has 1 saturated heterocycles. The molecule has 0 saturated carbocycles. The van der Waals surface area contributed by atoms with Crippen molar-refractivity contribution in [2.24, 2.45) is 0 Å². The lowest BCUT2D eigenvalue weighted by Gasteiger charge is -2.31. The summed E-state index contributed by atoms with van der Waals surface area (Å²) in [5.41, 5.74) is 1.86. The number of benzene rings is 2. The van der Waals surface area contributed by atoms with Gasteiger partial charge < -0.3 is 14.7 Å². The maximum Gasteiger partial charge on any atom is 0.253 e. The molecule has 31 heavy (non-hydrogen) atoms. The van der Waals surface area contributed by atoms with Crippen molar-refractivity contribution in [3.8, 4) is 11.4 Å². The number of aromatic nitrogens is 2. The average Bonchev–Trinajstić information content (AvgIpc) is 3.30. The summed E-state index contributed by atoms with van der Waals surface area (Å²) in [6.45, 7) is 2.89. The van der Waals surface area contributed by atoms with Crippen LogP contribution in [0, 0.1) is 5.82 Å². The third kappa shape index (κ3) is 4.79. The van der Waals surface area contributed by atoms with Crippen LogP contribution in [0.2, 0.25) is 0 Å². The maximum absolute atomic E-state index is 13.2. The molecule has 2 aromatic carbocycles. The van der Waals surface area contributed by atoms with E-state index in [1.54, 1.807) is 24.0 Å². The zero-order valence-electron chi connectivity index (χ0n) is 17.2. The number of carbonyl (C=O) groups is 2. The quantitative estimate of drug-likeness (QED) is 0.664. The Balaban J connectivity index is 1.47. The molecule has 0 radical (unpaired) electrons. The van der Waals surface area contributed by atoms with Crippen molar-refractivity contribution in [1.29, 1.82) is 0 Å². The van der Waals surface area contributed by atoms with E-state index in [1.807, 2.05) is 12.1 Å². The highest BCUT2D eigenvalue weighted by molar-refractivity contribution is 5.94. The zero-order valence-corrected chi connectivity index (χ0v) is 17.2. The van der Waals surface area contributed by atoms with Crippen LogP contribution in [0.3, 0.4) is 0 Å². The first-order valence-corrected chi connectivity index (χ1v) is 10.3. The van der Waals surface area contributed by atoms with E-state index in [2.05, 4.69) is 15.5 Å². The minimum atomic E-state index is -0.371. The molecule has 0 spiro atoms. The summed E-state index contributed by atoms with van der Waals surface area (Å²) < 4.78 is 18.7. The summed E-state index contributed by atoms with van der Waals surface area (Å²) in [6, 6.07) is 12.8. The maximum atomic E-state index is 13.2. The Bertz CT molecular complexity index is 1080. The molecule has 1 N–H and O–H groups in total. The molecule has 3 aromatic rings. The number of halogens is 1. The van der Waals surface area contributed by atoms with E-state index in [1.165, 1.54) is 24.3 Å².